The number of nitrogens with one attached hydrogen (secondary N) is 3. The van der Waals surface area contributed by atoms with Crippen molar-refractivity contribution >= 4 is 40.3 Å². The molecular weight excluding hydrogens is 977 g/mol. The lowest BCUT2D eigenvalue weighted by Crippen LogP contribution is -2.67. The SMILES string of the molecule is CCC1CC(C(=O)NCCNC(=O)C(C)(CC)CCOC(C)(C)CC)C[C@@H](O[C@@H]2OC(CO)[C@H](O)C(O[C@@H](CC3CCCCC3)C(O)(O)I)C2NC(C)=O)C1OC1O[C@@H](C)C(O)C(O)[C@@H]1O. The molecule has 20 heteroatoms. The van der Waals surface area contributed by atoms with Gasteiger partial charge in [-0.2, -0.15) is 0 Å². The maximum atomic E-state index is 14.0. The highest BCUT2D eigenvalue weighted by Gasteiger charge is 2.53. The largest absolute Gasteiger partial charge is 0.394 e. The van der Waals surface area contributed by atoms with Crippen LogP contribution in [0.1, 0.15) is 132 Å². The van der Waals surface area contributed by atoms with E-state index in [1.54, 1.807) is 0 Å². The summed E-state index contributed by atoms with van der Waals surface area (Å²) in [5, 5.41) is 84.8. The number of hydrogen-bond acceptors (Lipinski definition) is 16. The topological polar surface area (TPSA) is 284 Å². The van der Waals surface area contributed by atoms with Gasteiger partial charge in [0, 0.05) is 38.0 Å². The van der Waals surface area contributed by atoms with Crippen molar-refractivity contribution in [1.29, 1.82) is 0 Å². The average molecular weight is 1060 g/mol. The molecular formula is C46H82IN3O16. The van der Waals surface area contributed by atoms with E-state index in [0.717, 1.165) is 38.5 Å². The molecule has 19 nitrogen and oxygen atoms in total. The third kappa shape index (κ3) is 15.6. The zero-order valence-corrected chi connectivity index (χ0v) is 42.4. The Labute approximate surface area is 404 Å². The first-order valence-electron chi connectivity index (χ1n) is 24.2. The van der Waals surface area contributed by atoms with Gasteiger partial charge in [0.25, 0.3) is 0 Å². The molecule has 4 aliphatic rings. The zero-order chi connectivity index (χ0) is 49.1. The monoisotopic (exact) mass is 1060 g/mol. The van der Waals surface area contributed by atoms with E-state index in [1.165, 1.54) is 36.4 Å². The lowest BCUT2D eigenvalue weighted by atomic mass is 9.75. The van der Waals surface area contributed by atoms with Crippen LogP contribution in [-0.2, 0) is 42.8 Å². The fourth-order valence-corrected chi connectivity index (χ4v) is 9.88. The van der Waals surface area contributed by atoms with Crippen LogP contribution in [0.4, 0.5) is 0 Å². The number of aliphatic hydroxyl groups is 7. The second-order valence-corrected chi connectivity index (χ2v) is 21.5. The molecule has 2 heterocycles. The van der Waals surface area contributed by atoms with Crippen molar-refractivity contribution in [1.82, 2.24) is 16.0 Å². The molecule has 2 saturated heterocycles. The maximum absolute atomic E-state index is 14.0. The van der Waals surface area contributed by atoms with Crippen molar-refractivity contribution in [2.45, 2.75) is 221 Å². The van der Waals surface area contributed by atoms with E-state index < -0.39 is 113 Å². The summed E-state index contributed by atoms with van der Waals surface area (Å²) in [6, 6.07) is -1.29. The Balaban J connectivity index is 1.59. The second-order valence-electron chi connectivity index (χ2n) is 19.9. The Morgan fingerprint density at radius 3 is 2.09 bits per heavy atom. The third-order valence-electron chi connectivity index (χ3n) is 14.5. The summed E-state index contributed by atoms with van der Waals surface area (Å²) in [6.45, 7) is 14.6. The quantitative estimate of drug-likeness (QED) is 0.0301. The summed E-state index contributed by atoms with van der Waals surface area (Å²) in [6.07, 6.45) is -8.33. The van der Waals surface area contributed by atoms with Crippen LogP contribution in [0.3, 0.4) is 0 Å². The van der Waals surface area contributed by atoms with Gasteiger partial charge < -0.3 is 80.1 Å². The normalized spacial score (nSPS) is 35.1. The van der Waals surface area contributed by atoms with Crippen LogP contribution >= 0.6 is 22.6 Å². The van der Waals surface area contributed by atoms with Crippen molar-refractivity contribution in [3.63, 3.8) is 0 Å². The van der Waals surface area contributed by atoms with E-state index in [4.69, 9.17) is 28.4 Å². The van der Waals surface area contributed by atoms with Crippen molar-refractivity contribution in [3.05, 3.63) is 0 Å². The number of hydrogen-bond donors (Lipinski definition) is 10. The Hall–Kier alpha value is -1.38. The summed E-state index contributed by atoms with van der Waals surface area (Å²) in [5.41, 5.74) is -0.973. The maximum Gasteiger partial charge on any atom is 0.243 e. The van der Waals surface area contributed by atoms with Gasteiger partial charge in [0.15, 0.2) is 12.6 Å². The van der Waals surface area contributed by atoms with Crippen molar-refractivity contribution < 1.29 is 78.6 Å². The minimum atomic E-state index is -2.38. The molecule has 2 saturated carbocycles. The lowest BCUT2D eigenvalue weighted by molar-refractivity contribution is -0.340. The average Bonchev–Trinajstić information content (AvgIpc) is 3.27. The van der Waals surface area contributed by atoms with E-state index >= 15 is 0 Å². The van der Waals surface area contributed by atoms with Crippen LogP contribution in [0.2, 0.25) is 0 Å². The van der Waals surface area contributed by atoms with Gasteiger partial charge in [0.05, 0.1) is 30.5 Å². The number of carbonyl (C=O) groups is 3. The van der Waals surface area contributed by atoms with E-state index in [1.807, 2.05) is 41.5 Å². The lowest BCUT2D eigenvalue weighted by Gasteiger charge is -2.49. The van der Waals surface area contributed by atoms with Crippen LogP contribution in [0.5, 0.6) is 0 Å². The number of ether oxygens (including phenoxy) is 6. The first-order chi connectivity index (χ1) is 31.0. The highest BCUT2D eigenvalue weighted by atomic mass is 127. The van der Waals surface area contributed by atoms with Crippen molar-refractivity contribution in [3.8, 4) is 0 Å². The van der Waals surface area contributed by atoms with Gasteiger partial charge in [-0.25, -0.2) is 0 Å². The van der Waals surface area contributed by atoms with Crippen molar-refractivity contribution in [2.75, 3.05) is 26.3 Å². The number of aliphatic hydroxyl groups excluding tert-OH is 5. The first kappa shape index (κ1) is 57.2. The molecule has 0 spiro atoms. The molecule has 0 radical (unpaired) electrons. The molecule has 4 fully saturated rings. The van der Waals surface area contributed by atoms with E-state index in [-0.39, 0.29) is 49.3 Å². The molecule has 4 rings (SSSR count). The van der Waals surface area contributed by atoms with Gasteiger partial charge in [-0.3, -0.25) is 14.4 Å². The van der Waals surface area contributed by atoms with E-state index in [9.17, 15) is 50.1 Å². The summed E-state index contributed by atoms with van der Waals surface area (Å²) in [7, 11) is 0. The second kappa shape index (κ2) is 25.7. The number of carbonyl (C=O) groups excluding carboxylic acids is 3. The predicted octanol–water partition coefficient (Wildman–Crippen LogP) is 1.64. The van der Waals surface area contributed by atoms with Crippen LogP contribution in [0, 0.1) is 23.2 Å². The van der Waals surface area contributed by atoms with Gasteiger partial charge in [-0.1, -0.05) is 66.2 Å². The minimum absolute atomic E-state index is 0.00386. The van der Waals surface area contributed by atoms with Crippen LogP contribution < -0.4 is 16.0 Å². The smallest absolute Gasteiger partial charge is 0.243 e. The molecule has 384 valence electrons. The Kier molecular flexibility index (Phi) is 22.2. The molecule has 10 N–H and O–H groups in total. The van der Waals surface area contributed by atoms with Gasteiger partial charge in [0.1, 0.15) is 48.8 Å². The van der Waals surface area contributed by atoms with Crippen molar-refractivity contribution in [2.24, 2.45) is 23.2 Å². The molecule has 16 atom stereocenters. The summed E-state index contributed by atoms with van der Waals surface area (Å²) < 4.78 is 35.2. The van der Waals surface area contributed by atoms with Gasteiger partial charge >= 0.3 is 0 Å². The molecule has 3 amide bonds. The van der Waals surface area contributed by atoms with E-state index in [2.05, 4.69) is 16.0 Å². The number of halogens is 1. The molecule has 0 aromatic carbocycles. The van der Waals surface area contributed by atoms with Gasteiger partial charge in [-0.05, 0) is 93.7 Å². The predicted molar refractivity (Wildman–Crippen MR) is 248 cm³/mol. The Bertz CT molecular complexity index is 1520. The molecule has 10 unspecified atom stereocenters. The highest BCUT2D eigenvalue weighted by molar-refractivity contribution is 14.1. The highest BCUT2D eigenvalue weighted by Crippen LogP contribution is 2.41. The Morgan fingerprint density at radius 2 is 1.50 bits per heavy atom. The summed E-state index contributed by atoms with van der Waals surface area (Å²) in [4.78, 5) is 40.3. The molecule has 2 aliphatic heterocycles. The summed E-state index contributed by atoms with van der Waals surface area (Å²) >= 11 is 1.47. The third-order valence-corrected chi connectivity index (χ3v) is 15.2. The van der Waals surface area contributed by atoms with Gasteiger partial charge in [-0.15, -0.1) is 0 Å². The molecule has 0 aromatic rings. The number of amides is 3. The van der Waals surface area contributed by atoms with Crippen LogP contribution in [0.15, 0.2) is 0 Å². The molecule has 66 heavy (non-hydrogen) atoms. The first-order valence-corrected chi connectivity index (χ1v) is 25.3. The van der Waals surface area contributed by atoms with E-state index in [0.29, 0.717) is 32.3 Å². The number of alkyl halides is 1. The summed E-state index contributed by atoms with van der Waals surface area (Å²) in [5.74, 6) is -2.04. The zero-order valence-electron chi connectivity index (χ0n) is 40.2. The van der Waals surface area contributed by atoms with Crippen LogP contribution in [0.25, 0.3) is 0 Å². The van der Waals surface area contributed by atoms with Gasteiger partial charge in [0.2, 0.25) is 21.5 Å². The Morgan fingerprint density at radius 1 is 0.833 bits per heavy atom. The van der Waals surface area contributed by atoms with Crippen LogP contribution in [-0.4, -0.2) is 169 Å². The molecule has 2 aliphatic carbocycles. The molecule has 0 bridgehead atoms. The molecule has 0 aromatic heterocycles. The fourth-order valence-electron chi connectivity index (χ4n) is 9.48. The fraction of sp³-hybridized carbons (Fsp3) is 0.935. The minimum Gasteiger partial charge on any atom is -0.394 e. The standard InChI is InChI=1S/C46H82IN3O16/c1-9-28-22-29(40(57)48-18-19-49-43(58)45(8,11-3)17-20-61-44(6,7)10-2)23-30(38(28)66-42-37(56)36(55)34(53)25(4)62-42)63-41-33(50-26(5)52)39(35(54)31(24-51)64-41)65-32(46(47,59)60)21-27-15-13-12-14-16-27/h25,27-39,41-42,51,53-56,59-60H,9-24H2,1-8H3,(H,48,57)(H,49,58)(H,50,52)/t25-,28?,29?,30+,31?,32-,33?,34?,35-,36?,37-,38?,39?,41+,42?,45?/m0/s1. The number of rotatable bonds is 23.